The molecule has 2 aromatic carbocycles. The van der Waals surface area contributed by atoms with Gasteiger partial charge < -0.3 is 18.5 Å². The predicted octanol–water partition coefficient (Wildman–Crippen LogP) is 3.23. The van der Waals surface area contributed by atoms with Gasteiger partial charge in [0, 0.05) is 0 Å². The van der Waals surface area contributed by atoms with Crippen LogP contribution in [0.25, 0.3) is 0 Å². The topological polar surface area (TPSA) is 80.0 Å². The van der Waals surface area contributed by atoms with E-state index in [-0.39, 0.29) is 0 Å². The standard InChI is InChI=1S/C14H16NO5P/c1-17-11-3-7-13(8-4-11)19-21(15,16)20-14-9-5-12(18-2)6-10-14/h3-10H,1-2H3,(H2,15,16). The molecule has 0 saturated carbocycles. The molecule has 0 spiro atoms. The summed E-state index contributed by atoms with van der Waals surface area (Å²) in [5.41, 5.74) is 5.57. The minimum absolute atomic E-state index is 0.329. The summed E-state index contributed by atoms with van der Waals surface area (Å²) in [6.07, 6.45) is 0. The lowest BCUT2D eigenvalue weighted by atomic mass is 10.3. The van der Waals surface area contributed by atoms with E-state index in [4.69, 9.17) is 24.0 Å². The zero-order chi connectivity index (χ0) is 15.3. The van der Waals surface area contributed by atoms with Crippen LogP contribution in [0, 0.1) is 0 Å². The number of methoxy groups -OCH3 is 2. The van der Waals surface area contributed by atoms with E-state index in [0.717, 1.165) is 0 Å². The van der Waals surface area contributed by atoms with Gasteiger partial charge in [-0.25, -0.2) is 10.1 Å². The molecule has 0 radical (unpaired) electrons. The number of nitrogens with two attached hydrogens (primary N) is 1. The lowest BCUT2D eigenvalue weighted by molar-refractivity contribution is 0.384. The molecule has 0 fully saturated rings. The Kier molecular flexibility index (Phi) is 4.73. The number of hydrogen-bond acceptors (Lipinski definition) is 5. The molecule has 2 N–H and O–H groups in total. The van der Waals surface area contributed by atoms with Crippen LogP contribution in [0.4, 0.5) is 0 Å². The molecule has 0 aliphatic heterocycles. The van der Waals surface area contributed by atoms with Gasteiger partial charge >= 0.3 is 7.75 Å². The Morgan fingerprint density at radius 2 is 1.00 bits per heavy atom. The molecule has 0 aliphatic carbocycles. The zero-order valence-corrected chi connectivity index (χ0v) is 12.6. The van der Waals surface area contributed by atoms with Crippen LogP contribution in [-0.2, 0) is 4.57 Å². The van der Waals surface area contributed by atoms with Crippen LogP contribution in [-0.4, -0.2) is 14.2 Å². The lowest BCUT2D eigenvalue weighted by Crippen LogP contribution is -2.09. The maximum Gasteiger partial charge on any atom is 0.510 e. The zero-order valence-electron chi connectivity index (χ0n) is 11.7. The fraction of sp³-hybridized carbons (Fsp3) is 0.143. The molecule has 0 atom stereocenters. The van der Waals surface area contributed by atoms with E-state index in [2.05, 4.69) is 0 Å². The SMILES string of the molecule is COc1ccc(OP(N)(=O)Oc2ccc(OC)cc2)cc1. The fourth-order valence-corrected chi connectivity index (χ4v) is 2.45. The van der Waals surface area contributed by atoms with Crippen LogP contribution in [0.5, 0.6) is 23.0 Å². The summed E-state index contributed by atoms with van der Waals surface area (Å²) < 4.78 is 32.5. The first-order chi connectivity index (χ1) is 10.0. The van der Waals surface area contributed by atoms with E-state index < -0.39 is 7.75 Å². The molecule has 0 aromatic heterocycles. The van der Waals surface area contributed by atoms with Crippen LogP contribution >= 0.6 is 7.75 Å². The van der Waals surface area contributed by atoms with Crippen LogP contribution < -0.4 is 24.0 Å². The van der Waals surface area contributed by atoms with Gasteiger partial charge in [0.2, 0.25) is 0 Å². The van der Waals surface area contributed by atoms with E-state index >= 15 is 0 Å². The Hall–Kier alpha value is -2.17. The molecule has 112 valence electrons. The molecule has 0 amide bonds. The Morgan fingerprint density at radius 3 is 1.29 bits per heavy atom. The monoisotopic (exact) mass is 309 g/mol. The normalized spacial score (nSPS) is 10.8. The van der Waals surface area contributed by atoms with Gasteiger partial charge in [-0.3, -0.25) is 0 Å². The first-order valence-electron chi connectivity index (χ1n) is 6.08. The number of benzene rings is 2. The molecule has 0 bridgehead atoms. The van der Waals surface area contributed by atoms with Gasteiger partial charge in [-0.2, -0.15) is 0 Å². The van der Waals surface area contributed by atoms with E-state index in [1.807, 2.05) is 0 Å². The van der Waals surface area contributed by atoms with Gasteiger partial charge in [0.1, 0.15) is 23.0 Å². The van der Waals surface area contributed by atoms with Crippen molar-refractivity contribution in [1.29, 1.82) is 0 Å². The Bertz CT molecular complexity index is 573. The smallest absolute Gasteiger partial charge is 0.497 e. The lowest BCUT2D eigenvalue weighted by Gasteiger charge is -2.15. The van der Waals surface area contributed by atoms with Crippen LogP contribution in [0.2, 0.25) is 0 Å². The van der Waals surface area contributed by atoms with Gasteiger partial charge in [0.05, 0.1) is 14.2 Å². The van der Waals surface area contributed by atoms with Crippen LogP contribution in [0.15, 0.2) is 48.5 Å². The summed E-state index contributed by atoms with van der Waals surface area (Å²) in [4.78, 5) is 0. The van der Waals surface area contributed by atoms with Crippen molar-refractivity contribution in [1.82, 2.24) is 0 Å². The first-order valence-corrected chi connectivity index (χ1v) is 7.69. The molecular weight excluding hydrogens is 293 g/mol. The third kappa shape index (κ3) is 4.41. The van der Waals surface area contributed by atoms with Gasteiger partial charge in [0.15, 0.2) is 0 Å². The molecule has 2 rings (SSSR count). The summed E-state index contributed by atoms with van der Waals surface area (Å²) in [5.74, 6) is 1.97. The number of rotatable bonds is 6. The fourth-order valence-electron chi connectivity index (χ4n) is 1.59. The van der Waals surface area contributed by atoms with Crippen molar-refractivity contribution in [3.05, 3.63) is 48.5 Å². The highest BCUT2D eigenvalue weighted by atomic mass is 31.2. The van der Waals surface area contributed by atoms with Crippen molar-refractivity contribution in [3.8, 4) is 23.0 Å². The average molecular weight is 309 g/mol. The quantitative estimate of drug-likeness (QED) is 0.825. The summed E-state index contributed by atoms with van der Waals surface area (Å²) in [6, 6.07) is 13.0. The summed E-state index contributed by atoms with van der Waals surface area (Å²) >= 11 is 0. The van der Waals surface area contributed by atoms with Crippen molar-refractivity contribution in [2.24, 2.45) is 5.50 Å². The third-order valence-corrected chi connectivity index (χ3v) is 3.51. The molecule has 0 saturated heterocycles. The Morgan fingerprint density at radius 1 is 0.714 bits per heavy atom. The maximum absolute atomic E-state index is 12.1. The predicted molar refractivity (Wildman–Crippen MR) is 79.0 cm³/mol. The van der Waals surface area contributed by atoms with Crippen LogP contribution in [0.3, 0.4) is 0 Å². The first kappa shape index (κ1) is 15.2. The van der Waals surface area contributed by atoms with Gasteiger partial charge in [-0.15, -0.1) is 0 Å². The molecule has 0 aliphatic rings. The maximum atomic E-state index is 12.1. The van der Waals surface area contributed by atoms with Crippen molar-refractivity contribution < 1.29 is 23.1 Å². The summed E-state index contributed by atoms with van der Waals surface area (Å²) in [7, 11) is -0.661. The van der Waals surface area contributed by atoms with E-state index in [9.17, 15) is 4.57 Å². The molecule has 2 aromatic rings. The van der Waals surface area contributed by atoms with Gasteiger partial charge in [-0.1, -0.05) is 0 Å². The molecule has 0 unspecified atom stereocenters. The minimum Gasteiger partial charge on any atom is -0.497 e. The highest BCUT2D eigenvalue weighted by Gasteiger charge is 2.22. The largest absolute Gasteiger partial charge is 0.510 e. The Labute approximate surface area is 123 Å². The number of hydrogen-bond donors (Lipinski definition) is 1. The van der Waals surface area contributed by atoms with Crippen molar-refractivity contribution >= 4 is 7.75 Å². The van der Waals surface area contributed by atoms with E-state index in [0.29, 0.717) is 23.0 Å². The molecular formula is C14H16NO5P. The molecule has 7 heteroatoms. The Balaban J connectivity index is 2.04. The van der Waals surface area contributed by atoms with Crippen molar-refractivity contribution in [2.45, 2.75) is 0 Å². The van der Waals surface area contributed by atoms with Crippen molar-refractivity contribution in [3.63, 3.8) is 0 Å². The van der Waals surface area contributed by atoms with Crippen LogP contribution in [0.1, 0.15) is 0 Å². The highest BCUT2D eigenvalue weighted by Crippen LogP contribution is 2.41. The highest BCUT2D eigenvalue weighted by molar-refractivity contribution is 7.52. The second-order valence-electron chi connectivity index (χ2n) is 4.07. The van der Waals surface area contributed by atoms with Gasteiger partial charge in [-0.05, 0) is 48.5 Å². The molecule has 6 nitrogen and oxygen atoms in total. The second kappa shape index (κ2) is 6.52. The summed E-state index contributed by atoms with van der Waals surface area (Å²) in [5, 5.41) is 0. The van der Waals surface area contributed by atoms with E-state index in [1.165, 1.54) is 0 Å². The molecule has 21 heavy (non-hydrogen) atoms. The minimum atomic E-state index is -3.77. The number of ether oxygens (including phenoxy) is 2. The third-order valence-electron chi connectivity index (χ3n) is 2.58. The van der Waals surface area contributed by atoms with Gasteiger partial charge in [0.25, 0.3) is 0 Å². The van der Waals surface area contributed by atoms with E-state index in [1.54, 1.807) is 62.8 Å². The second-order valence-corrected chi connectivity index (χ2v) is 5.52. The molecule has 0 heterocycles. The average Bonchev–Trinajstić information content (AvgIpc) is 2.48. The summed E-state index contributed by atoms with van der Waals surface area (Å²) in [6.45, 7) is 0. The van der Waals surface area contributed by atoms with Crippen molar-refractivity contribution in [2.75, 3.05) is 14.2 Å².